The van der Waals surface area contributed by atoms with Gasteiger partial charge < -0.3 is 14.8 Å². The average Bonchev–Trinajstić information content (AvgIpc) is 2.29. The van der Waals surface area contributed by atoms with E-state index in [0.717, 1.165) is 0 Å². The summed E-state index contributed by atoms with van der Waals surface area (Å²) in [5.74, 6) is -0.123. The molecule has 0 spiro atoms. The van der Waals surface area contributed by atoms with Gasteiger partial charge >= 0.3 is 5.97 Å². The standard InChI is InChI=1S/C11H14N2O4/c1-3-17-11(15)7-10(14)13-9-6-8(16-2)4-5-12-9/h4-6H,3,7H2,1-2H3,(H,12,13,14). The van der Waals surface area contributed by atoms with E-state index in [1.54, 1.807) is 19.1 Å². The third-order valence-corrected chi connectivity index (χ3v) is 1.84. The number of amides is 1. The normalized spacial score (nSPS) is 9.53. The molecule has 92 valence electrons. The molecule has 0 fully saturated rings. The lowest BCUT2D eigenvalue weighted by Crippen LogP contribution is -2.18. The van der Waals surface area contributed by atoms with Crippen molar-refractivity contribution < 1.29 is 19.1 Å². The third-order valence-electron chi connectivity index (χ3n) is 1.84. The molecule has 0 aliphatic carbocycles. The monoisotopic (exact) mass is 238 g/mol. The highest BCUT2D eigenvalue weighted by molar-refractivity contribution is 6.01. The first-order valence-corrected chi connectivity index (χ1v) is 5.11. The van der Waals surface area contributed by atoms with E-state index < -0.39 is 11.9 Å². The van der Waals surface area contributed by atoms with Crippen molar-refractivity contribution in [3.8, 4) is 5.75 Å². The zero-order chi connectivity index (χ0) is 12.7. The molecule has 1 aromatic rings. The lowest BCUT2D eigenvalue weighted by Gasteiger charge is -2.05. The van der Waals surface area contributed by atoms with Gasteiger partial charge in [0, 0.05) is 12.3 Å². The molecule has 1 amide bonds. The third kappa shape index (κ3) is 4.50. The van der Waals surface area contributed by atoms with Crippen LogP contribution in [0, 0.1) is 0 Å². The van der Waals surface area contributed by atoms with Crippen LogP contribution in [0.1, 0.15) is 13.3 Å². The Bertz CT molecular complexity index is 406. The molecule has 0 saturated heterocycles. The second-order valence-corrected chi connectivity index (χ2v) is 3.11. The summed E-state index contributed by atoms with van der Waals surface area (Å²) >= 11 is 0. The molecule has 0 bridgehead atoms. The quantitative estimate of drug-likeness (QED) is 0.611. The average molecular weight is 238 g/mol. The summed E-state index contributed by atoms with van der Waals surface area (Å²) < 4.78 is 9.62. The van der Waals surface area contributed by atoms with Crippen LogP contribution in [0.3, 0.4) is 0 Å². The minimum absolute atomic E-state index is 0.253. The van der Waals surface area contributed by atoms with E-state index in [2.05, 4.69) is 15.0 Å². The number of pyridine rings is 1. The lowest BCUT2D eigenvalue weighted by molar-refractivity contribution is -0.145. The van der Waals surface area contributed by atoms with Crippen LogP contribution >= 0.6 is 0 Å². The van der Waals surface area contributed by atoms with Crippen molar-refractivity contribution in [3.05, 3.63) is 18.3 Å². The van der Waals surface area contributed by atoms with Crippen molar-refractivity contribution in [2.45, 2.75) is 13.3 Å². The van der Waals surface area contributed by atoms with Gasteiger partial charge in [0.05, 0.1) is 13.7 Å². The van der Waals surface area contributed by atoms with E-state index in [1.165, 1.54) is 13.3 Å². The topological polar surface area (TPSA) is 77.5 Å². The van der Waals surface area contributed by atoms with Gasteiger partial charge in [-0.15, -0.1) is 0 Å². The first-order valence-electron chi connectivity index (χ1n) is 5.11. The van der Waals surface area contributed by atoms with Crippen LogP contribution in [-0.4, -0.2) is 30.6 Å². The molecule has 1 aromatic heterocycles. The van der Waals surface area contributed by atoms with Crippen molar-refractivity contribution in [1.29, 1.82) is 0 Å². The molecule has 0 saturated carbocycles. The number of esters is 1. The Morgan fingerprint density at radius 1 is 1.47 bits per heavy atom. The number of aromatic nitrogens is 1. The number of hydrogen-bond donors (Lipinski definition) is 1. The number of methoxy groups -OCH3 is 1. The molecule has 0 unspecified atom stereocenters. The second kappa shape index (κ2) is 6.47. The molecule has 17 heavy (non-hydrogen) atoms. The van der Waals surface area contributed by atoms with Crippen molar-refractivity contribution in [3.63, 3.8) is 0 Å². The molecular weight excluding hydrogens is 224 g/mol. The molecule has 0 aliphatic rings. The molecule has 1 rings (SSSR count). The molecule has 0 radical (unpaired) electrons. The second-order valence-electron chi connectivity index (χ2n) is 3.11. The van der Waals surface area contributed by atoms with Gasteiger partial charge in [-0.05, 0) is 13.0 Å². The summed E-state index contributed by atoms with van der Waals surface area (Å²) in [6.07, 6.45) is 1.17. The zero-order valence-corrected chi connectivity index (χ0v) is 9.73. The predicted molar refractivity (Wildman–Crippen MR) is 60.7 cm³/mol. The number of anilines is 1. The van der Waals surface area contributed by atoms with E-state index in [4.69, 9.17) is 4.74 Å². The fourth-order valence-corrected chi connectivity index (χ4v) is 1.14. The maximum atomic E-state index is 11.4. The highest BCUT2D eigenvalue weighted by Crippen LogP contribution is 2.13. The SMILES string of the molecule is CCOC(=O)CC(=O)Nc1cc(OC)ccn1. The predicted octanol–water partition coefficient (Wildman–Crippen LogP) is 0.982. The lowest BCUT2D eigenvalue weighted by atomic mass is 10.4. The fourth-order valence-electron chi connectivity index (χ4n) is 1.14. The first-order chi connectivity index (χ1) is 8.15. The van der Waals surface area contributed by atoms with E-state index >= 15 is 0 Å². The number of nitrogens with one attached hydrogen (secondary N) is 1. The maximum absolute atomic E-state index is 11.4. The summed E-state index contributed by atoms with van der Waals surface area (Å²) in [5, 5.41) is 2.48. The molecule has 6 heteroatoms. The minimum Gasteiger partial charge on any atom is -0.497 e. The van der Waals surface area contributed by atoms with E-state index in [9.17, 15) is 9.59 Å². The van der Waals surface area contributed by atoms with Crippen LogP contribution in [0.4, 0.5) is 5.82 Å². The van der Waals surface area contributed by atoms with Gasteiger partial charge in [0.1, 0.15) is 18.0 Å². The van der Waals surface area contributed by atoms with E-state index in [0.29, 0.717) is 11.6 Å². The van der Waals surface area contributed by atoms with Crippen LogP contribution in [0.2, 0.25) is 0 Å². The van der Waals surface area contributed by atoms with E-state index in [-0.39, 0.29) is 13.0 Å². The highest BCUT2D eigenvalue weighted by atomic mass is 16.5. The van der Waals surface area contributed by atoms with Crippen molar-refractivity contribution in [1.82, 2.24) is 4.98 Å². The number of rotatable bonds is 5. The van der Waals surface area contributed by atoms with Gasteiger partial charge in [-0.2, -0.15) is 0 Å². The molecular formula is C11H14N2O4. The zero-order valence-electron chi connectivity index (χ0n) is 9.73. The van der Waals surface area contributed by atoms with Crippen LogP contribution in [0.5, 0.6) is 5.75 Å². The van der Waals surface area contributed by atoms with Crippen LogP contribution < -0.4 is 10.1 Å². The molecule has 0 aliphatic heterocycles. The van der Waals surface area contributed by atoms with Crippen LogP contribution in [0.15, 0.2) is 18.3 Å². The number of carbonyl (C=O) groups excluding carboxylic acids is 2. The van der Waals surface area contributed by atoms with Crippen molar-refractivity contribution in [2.24, 2.45) is 0 Å². The first kappa shape index (κ1) is 13.0. The highest BCUT2D eigenvalue weighted by Gasteiger charge is 2.10. The summed E-state index contributed by atoms with van der Waals surface area (Å²) in [6.45, 7) is 1.93. The molecule has 0 aromatic carbocycles. The van der Waals surface area contributed by atoms with Crippen molar-refractivity contribution in [2.75, 3.05) is 19.0 Å². The molecule has 1 N–H and O–H groups in total. The van der Waals surface area contributed by atoms with Gasteiger partial charge in [0.2, 0.25) is 5.91 Å². The van der Waals surface area contributed by atoms with Crippen molar-refractivity contribution >= 4 is 17.7 Å². The molecule has 0 atom stereocenters. The maximum Gasteiger partial charge on any atom is 0.315 e. The minimum atomic E-state index is -0.562. The number of ether oxygens (including phenoxy) is 2. The Hall–Kier alpha value is -2.11. The van der Waals surface area contributed by atoms with Crippen LogP contribution in [-0.2, 0) is 14.3 Å². The van der Waals surface area contributed by atoms with Gasteiger partial charge in [0.25, 0.3) is 0 Å². The van der Waals surface area contributed by atoms with Gasteiger partial charge in [0.15, 0.2) is 0 Å². The van der Waals surface area contributed by atoms with Crippen LogP contribution in [0.25, 0.3) is 0 Å². The Labute approximate surface area is 98.9 Å². The number of nitrogens with zero attached hydrogens (tertiary/aromatic N) is 1. The summed E-state index contributed by atoms with van der Waals surface area (Å²) in [4.78, 5) is 26.4. The number of carbonyl (C=O) groups is 2. The Kier molecular flexibility index (Phi) is 4.93. The van der Waals surface area contributed by atoms with Gasteiger partial charge in [-0.25, -0.2) is 4.98 Å². The van der Waals surface area contributed by atoms with Gasteiger partial charge in [-0.1, -0.05) is 0 Å². The summed E-state index contributed by atoms with van der Waals surface area (Å²) in [6, 6.07) is 3.21. The summed E-state index contributed by atoms with van der Waals surface area (Å²) in [7, 11) is 1.51. The largest absolute Gasteiger partial charge is 0.497 e. The molecule has 6 nitrogen and oxygen atoms in total. The van der Waals surface area contributed by atoms with Gasteiger partial charge in [-0.3, -0.25) is 9.59 Å². The fraction of sp³-hybridized carbons (Fsp3) is 0.364. The van der Waals surface area contributed by atoms with E-state index in [1.807, 2.05) is 0 Å². The molecule has 1 heterocycles. The smallest absolute Gasteiger partial charge is 0.315 e. The Morgan fingerprint density at radius 2 is 2.24 bits per heavy atom. The Balaban J connectivity index is 2.52. The summed E-state index contributed by atoms with van der Waals surface area (Å²) in [5.41, 5.74) is 0. The number of hydrogen-bond acceptors (Lipinski definition) is 5. The Morgan fingerprint density at radius 3 is 2.88 bits per heavy atom.